The lowest BCUT2D eigenvalue weighted by Gasteiger charge is -2.19. The molecule has 0 bridgehead atoms. The maximum Gasteiger partial charge on any atom is 0.125 e. The highest BCUT2D eigenvalue weighted by Gasteiger charge is 2.09. The van der Waals surface area contributed by atoms with Crippen LogP contribution in [-0.2, 0) is 0 Å². The topological polar surface area (TPSA) is 35.9 Å². The molecule has 0 saturated heterocycles. The van der Waals surface area contributed by atoms with Crippen molar-refractivity contribution >= 4 is 5.84 Å². The van der Waals surface area contributed by atoms with Crippen LogP contribution in [0.4, 0.5) is 0 Å². The molecule has 0 amide bonds. The summed E-state index contributed by atoms with van der Waals surface area (Å²) >= 11 is 0. The first-order valence-electron chi connectivity index (χ1n) is 5.43. The lowest BCUT2D eigenvalue weighted by Crippen LogP contribution is -2.34. The number of allylic oxidation sites excluding steroid dienone is 1. The van der Waals surface area contributed by atoms with Crippen LogP contribution in [0.15, 0.2) is 42.5 Å². The smallest absolute Gasteiger partial charge is 0.125 e. The van der Waals surface area contributed by atoms with Gasteiger partial charge >= 0.3 is 0 Å². The first kappa shape index (κ1) is 9.97. The van der Waals surface area contributed by atoms with E-state index < -0.39 is 0 Å². The Morgan fingerprint density at radius 1 is 1.27 bits per heavy atom. The summed E-state index contributed by atoms with van der Waals surface area (Å²) in [4.78, 5) is 0. The van der Waals surface area contributed by atoms with Crippen molar-refractivity contribution in [2.45, 2.75) is 25.3 Å². The average Bonchev–Trinajstić information content (AvgIpc) is 2.31. The first-order chi connectivity index (χ1) is 7.36. The van der Waals surface area contributed by atoms with Gasteiger partial charge in [-0.25, -0.2) is 0 Å². The quantitative estimate of drug-likeness (QED) is 0.430. The fraction of sp³-hybridized carbons (Fsp3) is 0.308. The van der Waals surface area contributed by atoms with Crippen molar-refractivity contribution < 1.29 is 0 Å². The van der Waals surface area contributed by atoms with Gasteiger partial charge in [-0.05, 0) is 19.3 Å². The molecule has 1 unspecified atom stereocenters. The van der Waals surface area contributed by atoms with Crippen molar-refractivity contribution in [1.29, 1.82) is 5.41 Å². The van der Waals surface area contributed by atoms with Crippen molar-refractivity contribution in [3.63, 3.8) is 0 Å². The highest BCUT2D eigenvalue weighted by Crippen LogP contribution is 2.10. The molecule has 0 saturated carbocycles. The number of rotatable bonds is 2. The van der Waals surface area contributed by atoms with Crippen molar-refractivity contribution in [3.05, 3.63) is 48.0 Å². The Hall–Kier alpha value is -1.57. The second kappa shape index (κ2) is 4.78. The first-order valence-corrected chi connectivity index (χ1v) is 5.43. The lowest BCUT2D eigenvalue weighted by molar-refractivity contribution is 0.600. The monoisotopic (exact) mass is 200 g/mol. The molecule has 0 aliphatic heterocycles. The third-order valence-corrected chi connectivity index (χ3v) is 2.65. The van der Waals surface area contributed by atoms with Crippen LogP contribution in [0.25, 0.3) is 0 Å². The number of benzene rings is 1. The van der Waals surface area contributed by atoms with Gasteiger partial charge in [0.2, 0.25) is 0 Å². The summed E-state index contributed by atoms with van der Waals surface area (Å²) in [5.41, 5.74) is 0.955. The van der Waals surface area contributed by atoms with Gasteiger partial charge in [-0.1, -0.05) is 42.5 Å². The molecule has 2 rings (SSSR count). The molecule has 0 heterocycles. The van der Waals surface area contributed by atoms with E-state index in [0.29, 0.717) is 11.9 Å². The Bertz CT molecular complexity index is 354. The fourth-order valence-electron chi connectivity index (χ4n) is 1.81. The van der Waals surface area contributed by atoms with E-state index in [4.69, 9.17) is 5.41 Å². The van der Waals surface area contributed by atoms with Crippen LogP contribution in [0.5, 0.6) is 0 Å². The van der Waals surface area contributed by atoms with Crippen LogP contribution in [0.3, 0.4) is 0 Å². The lowest BCUT2D eigenvalue weighted by atomic mass is 10.0. The molecular weight excluding hydrogens is 184 g/mol. The molecule has 2 heteroatoms. The van der Waals surface area contributed by atoms with Crippen LogP contribution >= 0.6 is 0 Å². The normalized spacial score (nSPS) is 19.9. The summed E-state index contributed by atoms with van der Waals surface area (Å²) < 4.78 is 0. The second-order valence-electron chi connectivity index (χ2n) is 3.85. The summed E-state index contributed by atoms with van der Waals surface area (Å²) in [5, 5.41) is 11.2. The van der Waals surface area contributed by atoms with E-state index >= 15 is 0 Å². The molecule has 0 radical (unpaired) electrons. The van der Waals surface area contributed by atoms with Crippen LogP contribution in [0, 0.1) is 5.41 Å². The minimum Gasteiger partial charge on any atom is -0.364 e. The van der Waals surface area contributed by atoms with E-state index in [9.17, 15) is 0 Å². The molecular formula is C13H16N2. The summed E-state index contributed by atoms with van der Waals surface area (Å²) in [6.45, 7) is 0. The standard InChI is InChI=1S/C13H16N2/c14-13(11-7-3-1-4-8-11)15-12-9-5-2-6-10-12/h1,3-5,7-9,12H,2,6,10H2,(H2,14,15). The zero-order valence-electron chi connectivity index (χ0n) is 8.74. The second-order valence-corrected chi connectivity index (χ2v) is 3.85. The van der Waals surface area contributed by atoms with E-state index in [1.807, 2.05) is 30.3 Å². The predicted octanol–water partition coefficient (Wildman–Crippen LogP) is 2.71. The van der Waals surface area contributed by atoms with Crippen molar-refractivity contribution in [3.8, 4) is 0 Å². The van der Waals surface area contributed by atoms with Crippen LogP contribution in [-0.4, -0.2) is 11.9 Å². The molecule has 78 valence electrons. The molecule has 1 aliphatic carbocycles. The minimum atomic E-state index is 0.339. The molecule has 0 aromatic heterocycles. The maximum absolute atomic E-state index is 7.92. The van der Waals surface area contributed by atoms with E-state index in [0.717, 1.165) is 12.0 Å². The Kier molecular flexibility index (Phi) is 3.18. The third-order valence-electron chi connectivity index (χ3n) is 2.65. The third kappa shape index (κ3) is 2.69. The highest BCUT2D eigenvalue weighted by atomic mass is 15.0. The fourth-order valence-corrected chi connectivity index (χ4v) is 1.81. The van der Waals surface area contributed by atoms with Crippen molar-refractivity contribution in [2.75, 3.05) is 0 Å². The highest BCUT2D eigenvalue weighted by molar-refractivity contribution is 5.96. The average molecular weight is 200 g/mol. The summed E-state index contributed by atoms with van der Waals surface area (Å²) in [7, 11) is 0. The Morgan fingerprint density at radius 2 is 2.07 bits per heavy atom. The summed E-state index contributed by atoms with van der Waals surface area (Å²) in [6.07, 6.45) is 7.89. The van der Waals surface area contributed by atoms with Crippen LogP contribution in [0.1, 0.15) is 24.8 Å². The van der Waals surface area contributed by atoms with E-state index in [1.54, 1.807) is 0 Å². The van der Waals surface area contributed by atoms with Gasteiger partial charge in [0, 0.05) is 11.6 Å². The molecule has 15 heavy (non-hydrogen) atoms. The molecule has 0 fully saturated rings. The molecule has 1 atom stereocenters. The van der Waals surface area contributed by atoms with Gasteiger partial charge in [-0.2, -0.15) is 0 Å². The zero-order chi connectivity index (χ0) is 10.5. The molecule has 1 aromatic rings. The molecule has 1 aliphatic rings. The van der Waals surface area contributed by atoms with E-state index in [1.165, 1.54) is 12.8 Å². The van der Waals surface area contributed by atoms with Crippen molar-refractivity contribution in [1.82, 2.24) is 5.32 Å². The SMILES string of the molecule is N=C(NC1C=CCCC1)c1ccccc1. The van der Waals surface area contributed by atoms with Gasteiger partial charge < -0.3 is 5.32 Å². The van der Waals surface area contributed by atoms with Gasteiger partial charge in [0.1, 0.15) is 5.84 Å². The Labute approximate surface area is 90.5 Å². The van der Waals surface area contributed by atoms with Gasteiger partial charge in [0.15, 0.2) is 0 Å². The van der Waals surface area contributed by atoms with Gasteiger partial charge in [-0.15, -0.1) is 0 Å². The summed E-state index contributed by atoms with van der Waals surface area (Å²) in [5.74, 6) is 0.521. The molecule has 0 spiro atoms. The minimum absolute atomic E-state index is 0.339. The van der Waals surface area contributed by atoms with E-state index in [-0.39, 0.29) is 0 Å². The van der Waals surface area contributed by atoms with Gasteiger partial charge in [-0.3, -0.25) is 5.41 Å². The van der Waals surface area contributed by atoms with Gasteiger partial charge in [0.25, 0.3) is 0 Å². The largest absolute Gasteiger partial charge is 0.364 e. The van der Waals surface area contributed by atoms with E-state index in [2.05, 4.69) is 17.5 Å². The maximum atomic E-state index is 7.92. The molecule has 2 N–H and O–H groups in total. The summed E-state index contributed by atoms with van der Waals surface area (Å²) in [6, 6.07) is 10.2. The number of hydrogen-bond acceptors (Lipinski definition) is 1. The van der Waals surface area contributed by atoms with Crippen LogP contribution < -0.4 is 5.32 Å². The molecule has 1 aromatic carbocycles. The molecule has 2 nitrogen and oxygen atoms in total. The number of amidine groups is 1. The Balaban J connectivity index is 1.98. The number of nitrogens with one attached hydrogen (secondary N) is 2. The Morgan fingerprint density at radius 3 is 2.73 bits per heavy atom. The van der Waals surface area contributed by atoms with Crippen molar-refractivity contribution in [2.24, 2.45) is 0 Å². The van der Waals surface area contributed by atoms with Crippen LogP contribution in [0.2, 0.25) is 0 Å². The predicted molar refractivity (Wildman–Crippen MR) is 63.2 cm³/mol. The number of hydrogen-bond donors (Lipinski definition) is 2. The zero-order valence-corrected chi connectivity index (χ0v) is 8.74. The van der Waals surface area contributed by atoms with Gasteiger partial charge in [0.05, 0.1) is 0 Å².